The molecule has 2 atom stereocenters. The molecule has 0 radical (unpaired) electrons. The van der Waals surface area contributed by atoms with Crippen molar-refractivity contribution in [1.29, 1.82) is 0 Å². The first-order valence-electron chi connectivity index (χ1n) is 16.5. The van der Waals surface area contributed by atoms with Gasteiger partial charge in [-0.05, 0) is 84.3 Å². The number of hydrogen-bond donors (Lipinski definition) is 1. The van der Waals surface area contributed by atoms with Gasteiger partial charge in [-0.25, -0.2) is 0 Å². The molecule has 8 nitrogen and oxygen atoms in total. The summed E-state index contributed by atoms with van der Waals surface area (Å²) in [5, 5.41) is 3.03. The van der Waals surface area contributed by atoms with Crippen LogP contribution in [0.3, 0.4) is 0 Å². The molecule has 4 aliphatic heterocycles. The Morgan fingerprint density at radius 1 is 0.617 bits per heavy atom. The van der Waals surface area contributed by atoms with Crippen LogP contribution in [0.4, 0.5) is 17.1 Å². The second-order valence-corrected chi connectivity index (χ2v) is 12.7. The van der Waals surface area contributed by atoms with Crippen LogP contribution >= 0.6 is 0 Å². The summed E-state index contributed by atoms with van der Waals surface area (Å²) in [6.07, 6.45) is 4.26. The van der Waals surface area contributed by atoms with Gasteiger partial charge in [0.1, 0.15) is 12.1 Å². The SMILES string of the molecule is O=C(Nc1ccc(C2=Nc3ccccc3C2)cc1)[C@@H]1CCCN1C(=O)[C@H]1CCCN1C(=O)c1ccc(C2=Nc3ccccc3C2)cc1. The Morgan fingerprint density at radius 3 is 1.74 bits per heavy atom. The summed E-state index contributed by atoms with van der Waals surface area (Å²) in [6.45, 7) is 1.03. The van der Waals surface area contributed by atoms with Gasteiger partial charge in [0.25, 0.3) is 5.91 Å². The van der Waals surface area contributed by atoms with Crippen LogP contribution in [0.25, 0.3) is 0 Å². The molecule has 0 unspecified atom stereocenters. The second-order valence-electron chi connectivity index (χ2n) is 12.7. The minimum Gasteiger partial charge on any atom is -0.329 e. The van der Waals surface area contributed by atoms with Crippen molar-refractivity contribution in [3.05, 3.63) is 125 Å². The Bertz CT molecular complexity index is 1950. The third-order valence-electron chi connectivity index (χ3n) is 9.80. The van der Waals surface area contributed by atoms with E-state index in [1.807, 2.05) is 84.9 Å². The van der Waals surface area contributed by atoms with E-state index in [0.29, 0.717) is 37.2 Å². The number of likely N-dealkylation sites (tertiary alicyclic amines) is 2. The van der Waals surface area contributed by atoms with Crippen LogP contribution in [-0.2, 0) is 22.4 Å². The van der Waals surface area contributed by atoms with Crippen LogP contribution in [0, 0.1) is 0 Å². The van der Waals surface area contributed by atoms with Crippen LogP contribution in [0.1, 0.15) is 58.3 Å². The molecule has 0 aliphatic carbocycles. The number of anilines is 1. The quantitative estimate of drug-likeness (QED) is 0.275. The van der Waals surface area contributed by atoms with E-state index in [1.54, 1.807) is 9.80 Å². The number of fused-ring (bicyclic) bond motifs is 2. The number of benzene rings is 4. The number of carbonyl (C=O) groups excluding carboxylic acids is 3. The molecular weight excluding hydrogens is 586 g/mol. The maximum absolute atomic E-state index is 13.9. The highest BCUT2D eigenvalue weighted by molar-refractivity contribution is 6.08. The zero-order valence-electron chi connectivity index (χ0n) is 26.1. The molecule has 2 saturated heterocycles. The van der Waals surface area contributed by atoms with Gasteiger partial charge in [-0.2, -0.15) is 0 Å². The molecule has 0 bridgehead atoms. The number of aliphatic imine (C=N–C) groups is 2. The van der Waals surface area contributed by atoms with Gasteiger partial charge < -0.3 is 15.1 Å². The molecule has 0 spiro atoms. The van der Waals surface area contributed by atoms with E-state index in [4.69, 9.17) is 9.98 Å². The predicted molar refractivity (Wildman–Crippen MR) is 183 cm³/mol. The van der Waals surface area contributed by atoms with Crippen molar-refractivity contribution >= 4 is 46.2 Å². The summed E-state index contributed by atoms with van der Waals surface area (Å²) >= 11 is 0. The molecule has 3 amide bonds. The van der Waals surface area contributed by atoms with Crippen LogP contribution in [0.5, 0.6) is 0 Å². The van der Waals surface area contributed by atoms with Crippen LogP contribution in [-0.4, -0.2) is 64.1 Å². The van der Waals surface area contributed by atoms with Gasteiger partial charge in [-0.15, -0.1) is 0 Å². The third kappa shape index (κ3) is 5.54. The van der Waals surface area contributed by atoms with Crippen molar-refractivity contribution in [1.82, 2.24) is 9.80 Å². The number of para-hydroxylation sites is 2. The lowest BCUT2D eigenvalue weighted by atomic mass is 10.0. The Balaban J connectivity index is 0.909. The lowest BCUT2D eigenvalue weighted by molar-refractivity contribution is -0.139. The first-order chi connectivity index (χ1) is 23.0. The Labute approximate surface area is 273 Å². The largest absolute Gasteiger partial charge is 0.329 e. The van der Waals surface area contributed by atoms with Gasteiger partial charge >= 0.3 is 0 Å². The predicted octanol–water partition coefficient (Wildman–Crippen LogP) is 6.27. The number of rotatable bonds is 6. The van der Waals surface area contributed by atoms with Crippen LogP contribution in [0.15, 0.2) is 107 Å². The summed E-state index contributed by atoms with van der Waals surface area (Å²) in [7, 11) is 0. The van der Waals surface area contributed by atoms with Gasteiger partial charge in [0.2, 0.25) is 11.8 Å². The topological polar surface area (TPSA) is 94.4 Å². The fourth-order valence-corrected chi connectivity index (χ4v) is 7.31. The standard InChI is InChI=1S/C39H35N5O3/c45-37(40-30-19-17-26(18-20-30)34-24-29-8-2-4-10-32(29)42-34)35-11-5-21-43(35)39(47)36-12-6-22-44(36)38(46)27-15-13-25(14-16-27)33-23-28-7-1-3-9-31(28)41-33/h1-4,7-10,13-20,35-36H,5-6,11-12,21-24H2,(H,40,45)/t35-,36+/m0/s1. The average molecular weight is 622 g/mol. The van der Waals surface area contributed by atoms with E-state index in [0.717, 1.165) is 59.6 Å². The number of carbonyl (C=O) groups is 3. The molecule has 234 valence electrons. The van der Waals surface area contributed by atoms with Crippen molar-refractivity contribution in [3.63, 3.8) is 0 Å². The minimum atomic E-state index is -0.570. The normalized spacial score (nSPS) is 19.7. The van der Waals surface area contributed by atoms with Crippen molar-refractivity contribution in [2.45, 2.75) is 50.6 Å². The highest BCUT2D eigenvalue weighted by atomic mass is 16.2. The first-order valence-corrected chi connectivity index (χ1v) is 16.5. The average Bonchev–Trinajstić information content (AvgIpc) is 3.93. The van der Waals surface area contributed by atoms with E-state index < -0.39 is 12.1 Å². The summed E-state index contributed by atoms with van der Waals surface area (Å²) in [4.78, 5) is 53.9. The van der Waals surface area contributed by atoms with E-state index in [-0.39, 0.29) is 17.7 Å². The number of amides is 3. The van der Waals surface area contributed by atoms with Gasteiger partial charge in [-0.3, -0.25) is 24.4 Å². The molecule has 2 fully saturated rings. The lowest BCUT2D eigenvalue weighted by Gasteiger charge is -2.31. The Hall–Kier alpha value is -5.37. The maximum atomic E-state index is 13.9. The number of nitrogens with zero attached hydrogens (tertiary/aromatic N) is 4. The summed E-state index contributed by atoms with van der Waals surface area (Å²) in [5.74, 6) is -0.491. The first kappa shape index (κ1) is 29.1. The Morgan fingerprint density at radius 2 is 1.15 bits per heavy atom. The fraction of sp³-hybridized carbons (Fsp3) is 0.256. The molecular formula is C39H35N5O3. The molecule has 0 saturated carbocycles. The molecule has 8 heteroatoms. The van der Waals surface area contributed by atoms with Crippen molar-refractivity contribution < 1.29 is 14.4 Å². The second kappa shape index (κ2) is 12.1. The van der Waals surface area contributed by atoms with Crippen molar-refractivity contribution in [3.8, 4) is 0 Å². The molecule has 4 aromatic carbocycles. The van der Waals surface area contributed by atoms with E-state index in [1.165, 1.54) is 11.1 Å². The van der Waals surface area contributed by atoms with E-state index in [9.17, 15) is 14.4 Å². The fourth-order valence-electron chi connectivity index (χ4n) is 7.31. The highest BCUT2D eigenvalue weighted by Crippen LogP contribution is 2.31. The molecule has 4 heterocycles. The number of nitrogens with one attached hydrogen (secondary N) is 1. The highest BCUT2D eigenvalue weighted by Gasteiger charge is 2.42. The monoisotopic (exact) mass is 621 g/mol. The van der Waals surface area contributed by atoms with Crippen molar-refractivity contribution in [2.24, 2.45) is 9.98 Å². The van der Waals surface area contributed by atoms with Gasteiger partial charge in [0.15, 0.2) is 0 Å². The summed E-state index contributed by atoms with van der Waals surface area (Å²) in [6, 6.07) is 30.4. The van der Waals surface area contributed by atoms with Crippen molar-refractivity contribution in [2.75, 3.05) is 18.4 Å². The van der Waals surface area contributed by atoms with Gasteiger partial charge in [0.05, 0.1) is 22.8 Å². The smallest absolute Gasteiger partial charge is 0.254 e. The molecule has 4 aromatic rings. The van der Waals surface area contributed by atoms with Crippen LogP contribution in [0.2, 0.25) is 0 Å². The summed E-state index contributed by atoms with van der Waals surface area (Å²) < 4.78 is 0. The van der Waals surface area contributed by atoms with E-state index in [2.05, 4.69) is 17.4 Å². The molecule has 4 aliphatic rings. The maximum Gasteiger partial charge on any atom is 0.254 e. The van der Waals surface area contributed by atoms with Gasteiger partial charge in [0, 0.05) is 37.2 Å². The summed E-state index contributed by atoms with van der Waals surface area (Å²) in [5.41, 5.74) is 9.67. The lowest BCUT2D eigenvalue weighted by Crippen LogP contribution is -2.51. The van der Waals surface area contributed by atoms with E-state index >= 15 is 0 Å². The number of hydrogen-bond acceptors (Lipinski definition) is 5. The van der Waals surface area contributed by atoms with Gasteiger partial charge in [-0.1, -0.05) is 60.7 Å². The molecule has 0 aromatic heterocycles. The zero-order valence-corrected chi connectivity index (χ0v) is 26.1. The molecule has 47 heavy (non-hydrogen) atoms. The molecule has 8 rings (SSSR count). The third-order valence-corrected chi connectivity index (χ3v) is 9.80. The Kier molecular flexibility index (Phi) is 7.48. The molecule has 1 N–H and O–H groups in total. The minimum absolute atomic E-state index is 0.141. The van der Waals surface area contributed by atoms with Crippen LogP contribution < -0.4 is 5.32 Å². The zero-order chi connectivity index (χ0) is 31.9.